The molecule has 0 atom stereocenters. The molecule has 0 amide bonds. The lowest BCUT2D eigenvalue weighted by Crippen LogP contribution is -2.38. The fourth-order valence-electron chi connectivity index (χ4n) is 2.75. The van der Waals surface area contributed by atoms with Crippen molar-refractivity contribution in [3.63, 3.8) is 0 Å². The van der Waals surface area contributed by atoms with E-state index in [2.05, 4.69) is 9.97 Å². The molecule has 0 N–H and O–H groups in total. The van der Waals surface area contributed by atoms with Crippen molar-refractivity contribution in [3.05, 3.63) is 54.1 Å². The molecule has 7 heteroatoms. The second-order valence-electron chi connectivity index (χ2n) is 5.45. The molecule has 23 heavy (non-hydrogen) atoms. The Hall–Kier alpha value is -2.30. The fraction of sp³-hybridized carbons (Fsp3) is 0.312. The van der Waals surface area contributed by atoms with Crippen LogP contribution in [-0.4, -0.2) is 35.8 Å². The van der Waals surface area contributed by atoms with Gasteiger partial charge < -0.3 is 0 Å². The SMILES string of the molecule is N#Cc1ccc(C2CCN(S(=O)(=O)c3cccnc3)CC2)nc1. The zero-order valence-corrected chi connectivity index (χ0v) is 13.3. The molecule has 0 spiro atoms. The number of hydrogen-bond donors (Lipinski definition) is 0. The largest absolute Gasteiger partial charge is 0.263 e. The number of pyridine rings is 2. The van der Waals surface area contributed by atoms with E-state index < -0.39 is 10.0 Å². The van der Waals surface area contributed by atoms with Crippen molar-refractivity contribution in [2.45, 2.75) is 23.7 Å². The van der Waals surface area contributed by atoms with Crippen molar-refractivity contribution < 1.29 is 8.42 Å². The van der Waals surface area contributed by atoms with Gasteiger partial charge in [0.1, 0.15) is 11.0 Å². The summed E-state index contributed by atoms with van der Waals surface area (Å²) in [7, 11) is -3.47. The Morgan fingerprint density at radius 1 is 1.17 bits per heavy atom. The molecular formula is C16H16N4O2S. The van der Waals surface area contributed by atoms with Crippen LogP contribution in [0.2, 0.25) is 0 Å². The summed E-state index contributed by atoms with van der Waals surface area (Å²) in [5.41, 5.74) is 1.45. The summed E-state index contributed by atoms with van der Waals surface area (Å²) in [5.74, 6) is 0.225. The highest BCUT2D eigenvalue weighted by atomic mass is 32.2. The summed E-state index contributed by atoms with van der Waals surface area (Å²) in [5, 5.41) is 8.80. The van der Waals surface area contributed by atoms with Crippen LogP contribution in [-0.2, 0) is 10.0 Å². The number of nitriles is 1. The summed E-state index contributed by atoms with van der Waals surface area (Å²) in [6.45, 7) is 0.924. The van der Waals surface area contributed by atoms with Crippen molar-refractivity contribution in [3.8, 4) is 6.07 Å². The summed E-state index contributed by atoms with van der Waals surface area (Å²) < 4.78 is 26.6. The van der Waals surface area contributed by atoms with Gasteiger partial charge in [-0.25, -0.2) is 8.42 Å². The molecule has 1 saturated heterocycles. The average molecular weight is 328 g/mol. The quantitative estimate of drug-likeness (QED) is 0.859. The molecular weight excluding hydrogens is 312 g/mol. The predicted molar refractivity (Wildman–Crippen MR) is 83.9 cm³/mol. The Kier molecular flexibility index (Phi) is 4.37. The van der Waals surface area contributed by atoms with Gasteiger partial charge in [-0.05, 0) is 37.1 Å². The standard InChI is InChI=1S/C16H16N4O2S/c17-10-13-3-4-16(19-11-13)14-5-8-20(9-6-14)23(21,22)15-2-1-7-18-12-15/h1-4,7,11-12,14H,5-6,8-9H2. The highest BCUT2D eigenvalue weighted by molar-refractivity contribution is 7.89. The second kappa shape index (κ2) is 6.44. The first-order valence-electron chi connectivity index (χ1n) is 7.37. The van der Waals surface area contributed by atoms with Crippen LogP contribution in [0.4, 0.5) is 0 Å². The summed E-state index contributed by atoms with van der Waals surface area (Å²) in [6.07, 6.45) is 5.94. The molecule has 0 bridgehead atoms. The van der Waals surface area contributed by atoms with E-state index in [4.69, 9.17) is 5.26 Å². The molecule has 1 aliphatic heterocycles. The van der Waals surface area contributed by atoms with Gasteiger partial charge in [-0.15, -0.1) is 0 Å². The molecule has 6 nitrogen and oxygen atoms in total. The lowest BCUT2D eigenvalue weighted by atomic mass is 9.94. The van der Waals surface area contributed by atoms with Crippen LogP contribution in [0.3, 0.4) is 0 Å². The van der Waals surface area contributed by atoms with Gasteiger partial charge in [0.15, 0.2) is 0 Å². The van der Waals surface area contributed by atoms with Crippen LogP contribution in [0.1, 0.15) is 30.0 Å². The van der Waals surface area contributed by atoms with E-state index in [9.17, 15) is 8.42 Å². The Morgan fingerprint density at radius 3 is 2.52 bits per heavy atom. The van der Waals surface area contributed by atoms with E-state index in [1.807, 2.05) is 12.1 Å². The predicted octanol–water partition coefficient (Wildman–Crippen LogP) is 1.92. The highest BCUT2D eigenvalue weighted by Gasteiger charge is 2.30. The Morgan fingerprint density at radius 2 is 1.96 bits per heavy atom. The Labute approximate surface area is 135 Å². The fourth-order valence-corrected chi connectivity index (χ4v) is 4.19. The smallest absolute Gasteiger partial charge is 0.244 e. The van der Waals surface area contributed by atoms with Crippen molar-refractivity contribution in [2.75, 3.05) is 13.1 Å². The third-order valence-corrected chi connectivity index (χ3v) is 5.94. The molecule has 0 aliphatic carbocycles. The molecule has 0 unspecified atom stereocenters. The van der Waals surface area contributed by atoms with E-state index in [0.717, 1.165) is 18.5 Å². The van der Waals surface area contributed by atoms with E-state index >= 15 is 0 Å². The first kappa shape index (κ1) is 15.6. The lowest BCUT2D eigenvalue weighted by molar-refractivity contribution is 0.316. The van der Waals surface area contributed by atoms with Gasteiger partial charge in [-0.2, -0.15) is 9.57 Å². The maximum absolute atomic E-state index is 12.5. The molecule has 0 radical (unpaired) electrons. The Bertz CT molecular complexity index is 805. The number of aromatic nitrogens is 2. The van der Waals surface area contributed by atoms with E-state index in [1.165, 1.54) is 10.5 Å². The van der Waals surface area contributed by atoms with Gasteiger partial charge in [0, 0.05) is 43.3 Å². The van der Waals surface area contributed by atoms with Gasteiger partial charge in [-0.3, -0.25) is 9.97 Å². The summed E-state index contributed by atoms with van der Waals surface area (Å²) >= 11 is 0. The zero-order valence-electron chi connectivity index (χ0n) is 12.5. The third-order valence-electron chi connectivity index (χ3n) is 4.06. The molecule has 2 aromatic heterocycles. The van der Waals surface area contributed by atoms with E-state index in [-0.39, 0.29) is 10.8 Å². The summed E-state index contributed by atoms with van der Waals surface area (Å²) in [6, 6.07) is 8.84. The number of rotatable bonds is 3. The molecule has 1 aliphatic rings. The van der Waals surface area contributed by atoms with Crippen LogP contribution in [0, 0.1) is 11.3 Å². The van der Waals surface area contributed by atoms with Crippen LogP contribution in [0.15, 0.2) is 47.8 Å². The van der Waals surface area contributed by atoms with E-state index in [0.29, 0.717) is 18.7 Å². The monoisotopic (exact) mass is 328 g/mol. The molecule has 1 fully saturated rings. The first-order chi connectivity index (χ1) is 11.1. The Balaban J connectivity index is 1.70. The normalized spacial score (nSPS) is 16.8. The minimum Gasteiger partial charge on any atom is -0.263 e. The van der Waals surface area contributed by atoms with Crippen LogP contribution in [0.5, 0.6) is 0 Å². The number of sulfonamides is 1. The van der Waals surface area contributed by atoms with Crippen LogP contribution in [0.25, 0.3) is 0 Å². The minimum atomic E-state index is -3.47. The molecule has 0 saturated carbocycles. The van der Waals surface area contributed by atoms with Gasteiger partial charge in [0.25, 0.3) is 0 Å². The van der Waals surface area contributed by atoms with Gasteiger partial charge in [0.2, 0.25) is 10.0 Å². The minimum absolute atomic E-state index is 0.225. The molecule has 118 valence electrons. The topological polar surface area (TPSA) is 87.0 Å². The van der Waals surface area contributed by atoms with Gasteiger partial charge >= 0.3 is 0 Å². The highest BCUT2D eigenvalue weighted by Crippen LogP contribution is 2.29. The van der Waals surface area contributed by atoms with Gasteiger partial charge in [-0.1, -0.05) is 0 Å². The van der Waals surface area contributed by atoms with Crippen molar-refractivity contribution in [2.24, 2.45) is 0 Å². The average Bonchev–Trinajstić information content (AvgIpc) is 2.63. The maximum atomic E-state index is 12.5. The van der Waals surface area contributed by atoms with Crippen LogP contribution >= 0.6 is 0 Å². The van der Waals surface area contributed by atoms with Gasteiger partial charge in [0.05, 0.1) is 5.56 Å². The van der Waals surface area contributed by atoms with Crippen molar-refractivity contribution >= 4 is 10.0 Å². The first-order valence-corrected chi connectivity index (χ1v) is 8.81. The molecule has 2 aromatic rings. The maximum Gasteiger partial charge on any atom is 0.244 e. The van der Waals surface area contributed by atoms with Crippen molar-refractivity contribution in [1.82, 2.24) is 14.3 Å². The second-order valence-corrected chi connectivity index (χ2v) is 7.39. The van der Waals surface area contributed by atoms with Crippen molar-refractivity contribution in [1.29, 1.82) is 5.26 Å². The number of nitrogens with zero attached hydrogens (tertiary/aromatic N) is 4. The molecule has 3 rings (SSSR count). The van der Waals surface area contributed by atoms with E-state index in [1.54, 1.807) is 30.6 Å². The number of hydrogen-bond acceptors (Lipinski definition) is 5. The third kappa shape index (κ3) is 3.23. The molecule has 0 aromatic carbocycles. The zero-order chi connectivity index (χ0) is 16.3. The molecule has 3 heterocycles. The number of piperidine rings is 1. The summed E-state index contributed by atoms with van der Waals surface area (Å²) in [4.78, 5) is 8.43. The lowest BCUT2D eigenvalue weighted by Gasteiger charge is -2.30. The van der Waals surface area contributed by atoms with Crippen LogP contribution < -0.4 is 0 Å².